The Labute approximate surface area is 252 Å². The highest BCUT2D eigenvalue weighted by atomic mass is 35.5. The molecule has 2 aliphatic rings. The molecular formula is C29H32ClF3N6S2. The van der Waals surface area contributed by atoms with Crippen LogP contribution >= 0.6 is 35.7 Å². The zero-order valence-electron chi connectivity index (χ0n) is 22.6. The van der Waals surface area contributed by atoms with Crippen molar-refractivity contribution in [2.45, 2.75) is 55.8 Å². The van der Waals surface area contributed by atoms with Crippen LogP contribution < -0.4 is 14.6 Å². The zero-order valence-corrected chi connectivity index (χ0v) is 25.0. The van der Waals surface area contributed by atoms with Crippen LogP contribution in [0.2, 0.25) is 5.02 Å². The second kappa shape index (κ2) is 14.5. The summed E-state index contributed by atoms with van der Waals surface area (Å²) in [7, 11) is 0. The highest BCUT2D eigenvalue weighted by Gasteiger charge is 2.34. The average Bonchev–Trinajstić information content (AvgIpc) is 3.41. The predicted molar refractivity (Wildman–Crippen MR) is 165 cm³/mol. The quantitative estimate of drug-likeness (QED) is 0.144. The third-order valence-corrected chi connectivity index (χ3v) is 8.11. The lowest BCUT2D eigenvalue weighted by Gasteiger charge is -2.33. The van der Waals surface area contributed by atoms with Gasteiger partial charge in [0.05, 0.1) is 23.9 Å². The first-order valence-corrected chi connectivity index (χ1v) is 15.3. The molecule has 0 saturated heterocycles. The van der Waals surface area contributed by atoms with Crippen LogP contribution in [0.25, 0.3) is 0 Å². The number of alkyl halides is 3. The molecule has 0 radical (unpaired) electrons. The fraction of sp³-hybridized carbons (Fsp3) is 0.310. The van der Waals surface area contributed by atoms with Crippen LogP contribution in [0.5, 0.6) is 0 Å². The van der Waals surface area contributed by atoms with E-state index in [0.29, 0.717) is 22.4 Å². The maximum Gasteiger partial charge on any atom is 0.416 e. The molecule has 1 unspecified atom stereocenters. The molecule has 4 N–H and O–H groups in total. The number of aliphatic imine (C=N–C) groups is 1. The average molecular weight is 621 g/mol. The van der Waals surface area contributed by atoms with Gasteiger partial charge in [-0.05, 0) is 72.3 Å². The van der Waals surface area contributed by atoms with E-state index in [1.54, 1.807) is 0 Å². The number of hydrogen-bond acceptors (Lipinski definition) is 6. The summed E-state index contributed by atoms with van der Waals surface area (Å²) in [6, 6.07) is 23.1. The van der Waals surface area contributed by atoms with Crippen molar-refractivity contribution in [2.75, 3.05) is 6.54 Å². The van der Waals surface area contributed by atoms with Crippen LogP contribution in [-0.4, -0.2) is 35.3 Å². The van der Waals surface area contributed by atoms with Crippen LogP contribution in [0.15, 0.2) is 93.9 Å². The monoisotopic (exact) mass is 620 g/mol. The lowest BCUT2D eigenvalue weighted by Crippen LogP contribution is -2.43. The van der Waals surface area contributed by atoms with Gasteiger partial charge < -0.3 is 0 Å². The second-order valence-electron chi connectivity index (χ2n) is 9.27. The molecule has 0 bridgehead atoms. The maximum atomic E-state index is 13.0. The van der Waals surface area contributed by atoms with E-state index in [1.807, 2.05) is 61.3 Å². The number of hydrogen-bond donors (Lipinski definition) is 3. The third kappa shape index (κ3) is 8.20. The van der Waals surface area contributed by atoms with Gasteiger partial charge in [0.15, 0.2) is 0 Å². The molecule has 12 heteroatoms. The minimum Gasteiger partial charge on any atom is -0.295 e. The first-order valence-electron chi connectivity index (χ1n) is 13.3. The van der Waals surface area contributed by atoms with Gasteiger partial charge >= 0.3 is 6.18 Å². The summed E-state index contributed by atoms with van der Waals surface area (Å²) in [4.78, 5) is 5.58. The first-order chi connectivity index (χ1) is 19.8. The van der Waals surface area contributed by atoms with Crippen LogP contribution in [0.1, 0.15) is 49.3 Å². The summed E-state index contributed by atoms with van der Waals surface area (Å²) >= 11 is 8.44. The van der Waals surface area contributed by atoms with E-state index in [0.717, 1.165) is 53.9 Å². The number of hydrazone groups is 1. The number of benzene rings is 3. The molecule has 6 nitrogen and oxygen atoms in total. The largest absolute Gasteiger partial charge is 0.416 e. The number of nitrogens with one attached hydrogen (secondary N) is 2. The summed E-state index contributed by atoms with van der Waals surface area (Å²) < 4.78 is 45.4. The van der Waals surface area contributed by atoms with E-state index < -0.39 is 11.7 Å². The molecule has 218 valence electrons. The third-order valence-electron chi connectivity index (χ3n) is 6.60. The zero-order chi connectivity index (χ0) is 29.4. The summed E-state index contributed by atoms with van der Waals surface area (Å²) in [5, 5.41) is 13.0. The molecule has 1 aliphatic heterocycles. The number of guanidine groups is 1. The highest BCUT2D eigenvalue weighted by Crippen LogP contribution is 2.33. The Hall–Kier alpha value is -2.70. The lowest BCUT2D eigenvalue weighted by molar-refractivity contribution is -0.137. The SMILES string of the molecule is CC.NSNC1CC(N=C(NSc2ccc(C(F)(F)F)cc2)N2CC(c3ccccc3)C(c3ccc(Cl)cc3)=N2)C1. The van der Waals surface area contributed by atoms with Crippen molar-refractivity contribution in [1.29, 1.82) is 0 Å². The van der Waals surface area contributed by atoms with Crippen LogP contribution in [0.4, 0.5) is 13.2 Å². The van der Waals surface area contributed by atoms with Crippen molar-refractivity contribution in [2.24, 2.45) is 15.2 Å². The molecular weight excluding hydrogens is 589 g/mol. The molecule has 1 heterocycles. The Balaban J connectivity index is 0.00000189. The number of nitrogens with zero attached hydrogens (tertiary/aromatic N) is 3. The van der Waals surface area contributed by atoms with E-state index >= 15 is 0 Å². The van der Waals surface area contributed by atoms with Crippen molar-refractivity contribution in [1.82, 2.24) is 14.5 Å². The van der Waals surface area contributed by atoms with Crippen molar-refractivity contribution in [3.05, 3.63) is 101 Å². The fourth-order valence-electron chi connectivity index (χ4n) is 4.48. The number of rotatable bonds is 7. The van der Waals surface area contributed by atoms with Crippen molar-refractivity contribution in [3.63, 3.8) is 0 Å². The van der Waals surface area contributed by atoms with Gasteiger partial charge in [-0.25, -0.2) is 14.7 Å². The van der Waals surface area contributed by atoms with Gasteiger partial charge in [0.2, 0.25) is 5.96 Å². The molecule has 3 aromatic rings. The molecule has 0 aromatic heterocycles. The van der Waals surface area contributed by atoms with Gasteiger partial charge in [-0.3, -0.25) is 9.86 Å². The predicted octanol–water partition coefficient (Wildman–Crippen LogP) is 7.48. The number of nitrogens with two attached hydrogens (primary N) is 1. The lowest BCUT2D eigenvalue weighted by atomic mass is 9.88. The molecule has 0 spiro atoms. The van der Waals surface area contributed by atoms with Gasteiger partial charge in [0, 0.05) is 34.0 Å². The van der Waals surface area contributed by atoms with Crippen molar-refractivity contribution < 1.29 is 13.2 Å². The topological polar surface area (TPSA) is 78.0 Å². The second-order valence-corrected chi connectivity index (χ2v) is 11.1. The molecule has 0 amide bonds. The Bertz CT molecular complexity index is 1320. The standard InChI is InChI=1S/C27H26ClF3N6S2.C2H6/c28-20-10-6-18(7-11-20)25-24(17-4-2-1-3-5-17)16-37(34-25)26(33-21-14-22(15-21)35-39-32)36-38-23-12-8-19(9-13-23)27(29,30)31;1-2/h1-13,21-22,24,35H,14-16,32H2,(H,33,36);1-2H3. The molecule has 1 atom stereocenters. The Morgan fingerprint density at radius 2 is 1.66 bits per heavy atom. The molecule has 1 aliphatic carbocycles. The van der Waals surface area contributed by atoms with Gasteiger partial charge in [-0.1, -0.05) is 67.9 Å². The first kappa shape index (κ1) is 31.2. The Morgan fingerprint density at radius 1 is 1.00 bits per heavy atom. The van der Waals surface area contributed by atoms with Gasteiger partial charge in [0.25, 0.3) is 0 Å². The van der Waals surface area contributed by atoms with Gasteiger partial charge in [-0.15, -0.1) is 0 Å². The van der Waals surface area contributed by atoms with Gasteiger partial charge in [0.1, 0.15) is 0 Å². The Morgan fingerprint density at radius 3 is 2.27 bits per heavy atom. The van der Waals surface area contributed by atoms with E-state index in [2.05, 4.69) is 21.6 Å². The minimum absolute atomic E-state index is 0.0140. The molecule has 1 saturated carbocycles. The normalized spacial score (nSPS) is 20.6. The molecule has 5 rings (SSSR count). The van der Waals surface area contributed by atoms with Crippen molar-refractivity contribution >= 4 is 47.4 Å². The summed E-state index contributed by atoms with van der Waals surface area (Å²) in [5.74, 6) is 0.536. The molecule has 41 heavy (non-hydrogen) atoms. The Kier molecular flexibility index (Phi) is 11.0. The van der Waals surface area contributed by atoms with Gasteiger partial charge in [-0.2, -0.15) is 18.3 Å². The summed E-state index contributed by atoms with van der Waals surface area (Å²) in [5.41, 5.74) is 2.28. The number of halogens is 4. The summed E-state index contributed by atoms with van der Waals surface area (Å²) in [6.45, 7) is 4.55. The maximum absolute atomic E-state index is 13.0. The minimum atomic E-state index is -4.38. The van der Waals surface area contributed by atoms with E-state index in [-0.39, 0.29) is 18.0 Å². The fourth-order valence-corrected chi connectivity index (χ4v) is 5.63. The summed E-state index contributed by atoms with van der Waals surface area (Å²) in [6.07, 6.45) is -2.73. The molecule has 3 aromatic carbocycles. The van der Waals surface area contributed by atoms with Crippen LogP contribution in [0, 0.1) is 0 Å². The van der Waals surface area contributed by atoms with E-state index in [9.17, 15) is 13.2 Å². The van der Waals surface area contributed by atoms with Crippen LogP contribution in [-0.2, 0) is 6.18 Å². The van der Waals surface area contributed by atoms with Crippen molar-refractivity contribution in [3.8, 4) is 0 Å². The van der Waals surface area contributed by atoms with E-state index in [1.165, 1.54) is 24.1 Å². The van der Waals surface area contributed by atoms with E-state index in [4.69, 9.17) is 26.8 Å². The highest BCUT2D eigenvalue weighted by molar-refractivity contribution is 7.98. The molecule has 1 fully saturated rings. The van der Waals surface area contributed by atoms with Crippen LogP contribution in [0.3, 0.4) is 0 Å². The smallest absolute Gasteiger partial charge is 0.295 e.